The number of carbonyl (C=O) groups excluding carboxylic acids is 2. The van der Waals surface area contributed by atoms with Crippen LogP contribution in [0.4, 0.5) is 0 Å². The number of carbonyl (C=O) groups is 2. The Hall–Kier alpha value is 0.250. The zero-order valence-corrected chi connectivity index (χ0v) is 13.8. The standard InChI is InChI=1S/C12H17NO4S.Na/c14-11(9-3-4-10(18-9)12(15)16)13-7-5-6-1-2-8(7)17-6;/h6-10H,1-5H2,(H,13,14)(H,15,16);/q;+1/p-1/t6-,7-,8+,9+,10-;/m1./s1. The number of nitrogens with one attached hydrogen (secondary N) is 1. The van der Waals surface area contributed by atoms with E-state index in [1.807, 2.05) is 0 Å². The summed E-state index contributed by atoms with van der Waals surface area (Å²) in [5.74, 6) is -1.09. The molecule has 5 nitrogen and oxygen atoms in total. The average Bonchev–Trinajstić information content (AvgIpc) is 3.04. The summed E-state index contributed by atoms with van der Waals surface area (Å²) >= 11 is 1.22. The molecule has 3 heterocycles. The molecule has 3 aliphatic rings. The van der Waals surface area contributed by atoms with Crippen molar-refractivity contribution in [1.29, 1.82) is 0 Å². The zero-order chi connectivity index (χ0) is 12.7. The molecule has 5 atom stereocenters. The van der Waals surface area contributed by atoms with Crippen molar-refractivity contribution in [3.63, 3.8) is 0 Å². The molecule has 0 aromatic heterocycles. The molecular weight excluding hydrogens is 277 g/mol. The van der Waals surface area contributed by atoms with Gasteiger partial charge in [0.25, 0.3) is 0 Å². The maximum atomic E-state index is 12.0. The average molecular weight is 293 g/mol. The van der Waals surface area contributed by atoms with Crippen LogP contribution in [0.3, 0.4) is 0 Å². The van der Waals surface area contributed by atoms with E-state index in [1.165, 1.54) is 11.8 Å². The molecule has 0 spiro atoms. The van der Waals surface area contributed by atoms with E-state index in [-0.39, 0.29) is 52.9 Å². The molecule has 100 valence electrons. The van der Waals surface area contributed by atoms with Crippen LogP contribution in [0.2, 0.25) is 0 Å². The normalized spacial score (nSPS) is 39.9. The second kappa shape index (κ2) is 6.35. The monoisotopic (exact) mass is 293 g/mol. The summed E-state index contributed by atoms with van der Waals surface area (Å²) < 4.78 is 5.68. The van der Waals surface area contributed by atoms with Crippen LogP contribution in [0, 0.1) is 0 Å². The van der Waals surface area contributed by atoms with Crippen molar-refractivity contribution in [2.75, 3.05) is 0 Å². The molecule has 0 unspecified atom stereocenters. The van der Waals surface area contributed by atoms with Crippen molar-refractivity contribution < 1.29 is 49.0 Å². The van der Waals surface area contributed by atoms with Gasteiger partial charge in [0.1, 0.15) is 0 Å². The van der Waals surface area contributed by atoms with E-state index in [0.29, 0.717) is 18.9 Å². The van der Waals surface area contributed by atoms with E-state index in [4.69, 9.17) is 4.74 Å². The van der Waals surface area contributed by atoms with Crippen LogP contribution in [-0.2, 0) is 14.3 Å². The fourth-order valence-corrected chi connectivity index (χ4v) is 4.31. The minimum Gasteiger partial charge on any atom is -0.549 e. The number of aliphatic carboxylic acids is 1. The summed E-state index contributed by atoms with van der Waals surface area (Å²) in [6, 6.07) is 0.124. The van der Waals surface area contributed by atoms with Crippen molar-refractivity contribution in [3.05, 3.63) is 0 Å². The number of fused-ring (bicyclic) bond motifs is 2. The number of hydrogen-bond donors (Lipinski definition) is 1. The molecular formula is C12H16NNaO4S. The minimum atomic E-state index is -1.06. The van der Waals surface area contributed by atoms with E-state index >= 15 is 0 Å². The first-order valence-corrected chi connectivity index (χ1v) is 7.40. The van der Waals surface area contributed by atoms with Crippen LogP contribution in [0.15, 0.2) is 0 Å². The first kappa shape index (κ1) is 15.6. The third-order valence-electron chi connectivity index (χ3n) is 4.01. The summed E-state index contributed by atoms with van der Waals surface area (Å²) in [4.78, 5) is 22.8. The SMILES string of the molecule is O=C(N[C@@H]1C[C@H]2CC[C@@H]1O2)[C@@H]1CC[C@H](C(=O)[O-])S1.[Na+]. The van der Waals surface area contributed by atoms with Gasteiger partial charge in [0.15, 0.2) is 0 Å². The molecule has 3 rings (SSSR count). The number of amides is 1. The van der Waals surface area contributed by atoms with Gasteiger partial charge in [-0.2, -0.15) is 0 Å². The second-order valence-electron chi connectivity index (χ2n) is 5.23. The van der Waals surface area contributed by atoms with Crippen LogP contribution in [0.5, 0.6) is 0 Å². The Bertz CT molecular complexity index is 381. The Kier molecular flexibility index (Phi) is 5.22. The number of rotatable bonds is 3. The van der Waals surface area contributed by atoms with Crippen LogP contribution < -0.4 is 40.0 Å². The number of hydrogen-bond acceptors (Lipinski definition) is 5. The van der Waals surface area contributed by atoms with Crippen molar-refractivity contribution in [1.82, 2.24) is 5.32 Å². The number of carboxylic acids is 1. The molecule has 0 saturated carbocycles. The van der Waals surface area contributed by atoms with Crippen molar-refractivity contribution >= 4 is 23.6 Å². The largest absolute Gasteiger partial charge is 1.00 e. The fraction of sp³-hybridized carbons (Fsp3) is 0.833. The number of thioether (sulfide) groups is 1. The summed E-state index contributed by atoms with van der Waals surface area (Å²) in [6.07, 6.45) is 4.65. The smallest absolute Gasteiger partial charge is 0.549 e. The van der Waals surface area contributed by atoms with Gasteiger partial charge < -0.3 is 20.0 Å². The van der Waals surface area contributed by atoms with Gasteiger partial charge in [-0.25, -0.2) is 0 Å². The quantitative estimate of drug-likeness (QED) is 0.545. The van der Waals surface area contributed by atoms with E-state index in [9.17, 15) is 14.7 Å². The molecule has 0 aromatic rings. The summed E-state index contributed by atoms with van der Waals surface area (Å²) in [7, 11) is 0. The van der Waals surface area contributed by atoms with Crippen molar-refractivity contribution in [2.24, 2.45) is 0 Å². The molecule has 3 aliphatic heterocycles. The third-order valence-corrected chi connectivity index (χ3v) is 5.54. The molecule has 0 aliphatic carbocycles. The van der Waals surface area contributed by atoms with Gasteiger partial charge in [0.05, 0.1) is 29.5 Å². The zero-order valence-electron chi connectivity index (χ0n) is 11.0. The van der Waals surface area contributed by atoms with Gasteiger partial charge in [0.2, 0.25) is 5.91 Å². The Morgan fingerprint density at radius 1 is 1.16 bits per heavy atom. The summed E-state index contributed by atoms with van der Waals surface area (Å²) in [5.41, 5.74) is 0. The van der Waals surface area contributed by atoms with Gasteiger partial charge in [-0.3, -0.25) is 4.79 Å². The Labute approximate surface area is 138 Å². The second-order valence-corrected chi connectivity index (χ2v) is 6.64. The van der Waals surface area contributed by atoms with Gasteiger partial charge >= 0.3 is 29.6 Å². The van der Waals surface area contributed by atoms with Crippen LogP contribution in [0.1, 0.15) is 32.1 Å². The van der Waals surface area contributed by atoms with Crippen LogP contribution >= 0.6 is 11.8 Å². The fourth-order valence-electron chi connectivity index (χ4n) is 3.07. The molecule has 1 amide bonds. The van der Waals surface area contributed by atoms with Gasteiger partial charge in [0, 0.05) is 5.25 Å². The maximum Gasteiger partial charge on any atom is 1.00 e. The molecule has 3 fully saturated rings. The van der Waals surface area contributed by atoms with E-state index in [2.05, 4.69) is 5.32 Å². The predicted molar refractivity (Wildman–Crippen MR) is 63.9 cm³/mol. The predicted octanol–water partition coefficient (Wildman–Crippen LogP) is -3.56. The summed E-state index contributed by atoms with van der Waals surface area (Å²) in [5, 5.41) is 13.0. The number of carboxylic acid groups (broad SMARTS) is 1. The van der Waals surface area contributed by atoms with Crippen molar-refractivity contribution in [2.45, 2.75) is 60.9 Å². The first-order valence-electron chi connectivity index (χ1n) is 6.45. The topological polar surface area (TPSA) is 78.5 Å². The van der Waals surface area contributed by atoms with Crippen LogP contribution in [0.25, 0.3) is 0 Å². The molecule has 7 heteroatoms. The Morgan fingerprint density at radius 2 is 1.89 bits per heavy atom. The molecule has 1 N–H and O–H groups in total. The Balaban J connectivity index is 0.00000133. The van der Waals surface area contributed by atoms with E-state index in [1.54, 1.807) is 0 Å². The summed E-state index contributed by atoms with van der Waals surface area (Å²) in [6.45, 7) is 0. The molecule has 2 bridgehead atoms. The maximum absolute atomic E-state index is 12.0. The minimum absolute atomic E-state index is 0. The molecule has 19 heavy (non-hydrogen) atoms. The van der Waals surface area contributed by atoms with Gasteiger partial charge in [-0.1, -0.05) is 0 Å². The Morgan fingerprint density at radius 3 is 2.42 bits per heavy atom. The van der Waals surface area contributed by atoms with E-state index in [0.717, 1.165) is 19.3 Å². The van der Waals surface area contributed by atoms with Gasteiger partial charge in [-0.05, 0) is 32.1 Å². The van der Waals surface area contributed by atoms with Crippen LogP contribution in [-0.4, -0.2) is 40.6 Å². The molecule has 0 radical (unpaired) electrons. The van der Waals surface area contributed by atoms with Crippen molar-refractivity contribution in [3.8, 4) is 0 Å². The van der Waals surface area contributed by atoms with E-state index < -0.39 is 11.2 Å². The van der Waals surface area contributed by atoms with Gasteiger partial charge in [-0.15, -0.1) is 11.8 Å². The first-order chi connectivity index (χ1) is 8.63. The third kappa shape index (κ3) is 3.29. The molecule has 3 saturated heterocycles. The molecule has 0 aromatic carbocycles. The number of ether oxygens (including phenoxy) is 1.